The summed E-state index contributed by atoms with van der Waals surface area (Å²) in [7, 11) is 0. The van der Waals surface area contributed by atoms with Crippen LogP contribution >= 0.6 is 0 Å². The van der Waals surface area contributed by atoms with Gasteiger partial charge in [0.05, 0.1) is 0 Å². The normalized spacial score (nSPS) is 15.3. The summed E-state index contributed by atoms with van der Waals surface area (Å²) in [6, 6.07) is 5.25. The maximum atomic E-state index is 11.8. The number of hydrogen-bond acceptors (Lipinski definition) is 3. The predicted molar refractivity (Wildman–Crippen MR) is 78.0 cm³/mol. The van der Waals surface area contributed by atoms with Gasteiger partial charge in [-0.3, -0.25) is 9.69 Å². The van der Waals surface area contributed by atoms with Gasteiger partial charge in [-0.15, -0.1) is 0 Å². The van der Waals surface area contributed by atoms with Crippen molar-refractivity contribution in [1.82, 2.24) is 10.6 Å². The molecule has 1 heterocycles. The number of carbonyl (C=O) groups is 3. The van der Waals surface area contributed by atoms with Crippen LogP contribution in [0.15, 0.2) is 24.3 Å². The van der Waals surface area contributed by atoms with Gasteiger partial charge in [0.25, 0.3) is 0 Å². The van der Waals surface area contributed by atoms with E-state index in [9.17, 15) is 14.4 Å². The number of urea groups is 2. The van der Waals surface area contributed by atoms with Gasteiger partial charge in [-0.05, 0) is 31.2 Å². The van der Waals surface area contributed by atoms with Gasteiger partial charge in [0.2, 0.25) is 5.91 Å². The van der Waals surface area contributed by atoms with Crippen molar-refractivity contribution in [2.45, 2.75) is 13.0 Å². The van der Waals surface area contributed by atoms with Crippen LogP contribution in [0.5, 0.6) is 0 Å². The number of primary amides is 1. The van der Waals surface area contributed by atoms with E-state index in [-0.39, 0.29) is 11.9 Å². The van der Waals surface area contributed by atoms with Crippen LogP contribution in [0.2, 0.25) is 0 Å². The smallest absolute Gasteiger partial charge is 0.321 e. The molecule has 0 aromatic heterocycles. The van der Waals surface area contributed by atoms with E-state index in [4.69, 9.17) is 5.73 Å². The van der Waals surface area contributed by atoms with Crippen LogP contribution in [0, 0.1) is 0 Å². The Kier molecular flexibility index (Phi) is 4.27. The monoisotopic (exact) mass is 291 g/mol. The van der Waals surface area contributed by atoms with Crippen molar-refractivity contribution >= 4 is 29.3 Å². The fourth-order valence-corrected chi connectivity index (χ4v) is 1.97. The van der Waals surface area contributed by atoms with Crippen LogP contribution in [-0.4, -0.2) is 37.1 Å². The van der Waals surface area contributed by atoms with Crippen molar-refractivity contribution < 1.29 is 14.4 Å². The zero-order valence-corrected chi connectivity index (χ0v) is 11.6. The molecule has 0 aliphatic carbocycles. The van der Waals surface area contributed by atoms with Crippen molar-refractivity contribution in [3.63, 3.8) is 0 Å². The molecule has 1 atom stereocenters. The van der Waals surface area contributed by atoms with Crippen LogP contribution in [0.4, 0.5) is 21.0 Å². The van der Waals surface area contributed by atoms with Crippen LogP contribution in [0.3, 0.4) is 0 Å². The maximum Gasteiger partial charge on any atom is 0.321 e. The van der Waals surface area contributed by atoms with Crippen molar-refractivity contribution in [3.8, 4) is 0 Å². The number of nitrogens with one attached hydrogen (secondary N) is 3. The molecule has 1 aromatic carbocycles. The molecule has 5 N–H and O–H groups in total. The number of nitrogens with two attached hydrogens (primary N) is 1. The lowest BCUT2D eigenvalue weighted by atomic mass is 10.2. The first-order chi connectivity index (χ1) is 9.97. The molecule has 0 radical (unpaired) electrons. The Morgan fingerprint density at radius 3 is 2.52 bits per heavy atom. The zero-order valence-electron chi connectivity index (χ0n) is 11.6. The Morgan fingerprint density at radius 1 is 1.33 bits per heavy atom. The largest absolute Gasteiger partial charge is 0.352 e. The molecule has 8 heteroatoms. The summed E-state index contributed by atoms with van der Waals surface area (Å²) in [5, 5.41) is 7.65. The molecule has 1 aromatic rings. The lowest BCUT2D eigenvalue weighted by molar-refractivity contribution is -0.117. The molecule has 5 amide bonds. The molecule has 112 valence electrons. The van der Waals surface area contributed by atoms with Gasteiger partial charge in [0, 0.05) is 24.5 Å². The Labute approximate surface area is 121 Å². The Morgan fingerprint density at radius 2 is 2.00 bits per heavy atom. The molecule has 0 spiro atoms. The topological polar surface area (TPSA) is 117 Å². The number of hydrogen-bond donors (Lipinski definition) is 4. The number of amides is 5. The van der Waals surface area contributed by atoms with Crippen molar-refractivity contribution in [2.24, 2.45) is 5.73 Å². The molecule has 1 fully saturated rings. The van der Waals surface area contributed by atoms with Crippen LogP contribution in [-0.2, 0) is 4.79 Å². The predicted octanol–water partition coefficient (Wildman–Crippen LogP) is 0.212. The van der Waals surface area contributed by atoms with Gasteiger partial charge >= 0.3 is 12.1 Å². The molecule has 1 aliphatic heterocycles. The summed E-state index contributed by atoms with van der Waals surface area (Å²) in [5.74, 6) is -0.375. The van der Waals surface area contributed by atoms with Crippen LogP contribution in [0.25, 0.3) is 0 Å². The second-order valence-corrected chi connectivity index (χ2v) is 4.65. The van der Waals surface area contributed by atoms with Crippen LogP contribution in [0.1, 0.15) is 6.92 Å². The molecule has 21 heavy (non-hydrogen) atoms. The van der Waals surface area contributed by atoms with Gasteiger partial charge in [-0.1, -0.05) is 0 Å². The van der Waals surface area contributed by atoms with E-state index in [0.717, 1.165) is 5.69 Å². The minimum absolute atomic E-state index is 0.133. The first-order valence-electron chi connectivity index (χ1n) is 6.49. The van der Waals surface area contributed by atoms with Gasteiger partial charge in [0.1, 0.15) is 6.04 Å². The summed E-state index contributed by atoms with van der Waals surface area (Å²) in [6.07, 6.45) is 0. The van der Waals surface area contributed by atoms with Crippen molar-refractivity contribution in [1.29, 1.82) is 0 Å². The van der Waals surface area contributed by atoms with E-state index in [2.05, 4.69) is 16.0 Å². The average molecular weight is 291 g/mol. The summed E-state index contributed by atoms with van der Waals surface area (Å²) in [5.41, 5.74) is 6.28. The molecule has 1 aliphatic rings. The molecule has 1 saturated heterocycles. The zero-order chi connectivity index (χ0) is 15.4. The molecular formula is C13H17N5O3. The van der Waals surface area contributed by atoms with Gasteiger partial charge < -0.3 is 21.7 Å². The number of carbonyl (C=O) groups excluding carboxylic acids is 3. The van der Waals surface area contributed by atoms with E-state index >= 15 is 0 Å². The standard InChI is InChI=1S/C13H17N5O3/c1-8(16-12(14)20)11(19)17-9-2-4-10(5-3-9)18-7-6-15-13(18)21/h2-5,8H,6-7H2,1H3,(H,15,21)(H,17,19)(H3,14,16,20). The Bertz CT molecular complexity index is 557. The lowest BCUT2D eigenvalue weighted by Gasteiger charge is -2.16. The van der Waals surface area contributed by atoms with E-state index < -0.39 is 12.1 Å². The highest BCUT2D eigenvalue weighted by atomic mass is 16.2. The van der Waals surface area contributed by atoms with E-state index in [1.54, 1.807) is 29.2 Å². The first kappa shape index (κ1) is 14.6. The van der Waals surface area contributed by atoms with Gasteiger partial charge in [-0.25, -0.2) is 9.59 Å². The summed E-state index contributed by atoms with van der Waals surface area (Å²) in [6.45, 7) is 2.76. The molecule has 8 nitrogen and oxygen atoms in total. The highest BCUT2D eigenvalue weighted by molar-refractivity contribution is 5.97. The third kappa shape index (κ3) is 3.62. The minimum atomic E-state index is -0.756. The molecular weight excluding hydrogens is 274 g/mol. The Hall–Kier alpha value is -2.77. The molecule has 0 saturated carbocycles. The summed E-state index contributed by atoms with van der Waals surface area (Å²) < 4.78 is 0. The summed E-state index contributed by atoms with van der Waals surface area (Å²) in [4.78, 5) is 35.6. The number of rotatable bonds is 4. The van der Waals surface area contributed by atoms with Crippen molar-refractivity contribution in [2.75, 3.05) is 23.3 Å². The van der Waals surface area contributed by atoms with E-state index in [0.29, 0.717) is 18.8 Å². The Balaban J connectivity index is 1.97. The number of nitrogens with zero attached hydrogens (tertiary/aromatic N) is 1. The maximum absolute atomic E-state index is 11.8. The summed E-state index contributed by atoms with van der Waals surface area (Å²) >= 11 is 0. The average Bonchev–Trinajstić information content (AvgIpc) is 2.85. The second kappa shape index (κ2) is 6.12. The third-order valence-corrected chi connectivity index (χ3v) is 3.06. The highest BCUT2D eigenvalue weighted by Crippen LogP contribution is 2.19. The number of anilines is 2. The SMILES string of the molecule is CC(NC(N)=O)C(=O)Nc1ccc(N2CCNC2=O)cc1. The van der Waals surface area contributed by atoms with Crippen LogP contribution < -0.4 is 26.6 Å². The second-order valence-electron chi connectivity index (χ2n) is 4.65. The van der Waals surface area contributed by atoms with Gasteiger partial charge in [0.15, 0.2) is 0 Å². The highest BCUT2D eigenvalue weighted by Gasteiger charge is 2.21. The quantitative estimate of drug-likeness (QED) is 0.635. The molecule has 1 unspecified atom stereocenters. The molecule has 2 rings (SSSR count). The van der Waals surface area contributed by atoms with E-state index in [1.165, 1.54) is 6.92 Å². The lowest BCUT2D eigenvalue weighted by Crippen LogP contribution is -2.44. The van der Waals surface area contributed by atoms with E-state index in [1.807, 2.05) is 0 Å². The van der Waals surface area contributed by atoms with Crippen molar-refractivity contribution in [3.05, 3.63) is 24.3 Å². The van der Waals surface area contributed by atoms with Gasteiger partial charge in [-0.2, -0.15) is 0 Å². The molecule has 0 bridgehead atoms. The fourth-order valence-electron chi connectivity index (χ4n) is 1.97. The minimum Gasteiger partial charge on any atom is -0.352 e. The fraction of sp³-hybridized carbons (Fsp3) is 0.308. The number of benzene rings is 1. The first-order valence-corrected chi connectivity index (χ1v) is 6.49. The third-order valence-electron chi connectivity index (χ3n) is 3.06.